The molecule has 3 N–H and O–H groups in total. The molecule has 4 aliphatic rings. The molecule has 0 aromatic carbocycles. The van der Waals surface area contributed by atoms with Crippen LogP contribution >= 0.6 is 0 Å². The number of carbonyl (C=O) groups is 1. The molecule has 0 aliphatic heterocycles. The van der Waals surface area contributed by atoms with E-state index >= 15 is 0 Å². The highest BCUT2D eigenvalue weighted by atomic mass is 16.1. The summed E-state index contributed by atoms with van der Waals surface area (Å²) in [5.74, 6) is 2.11. The smallest absolute Gasteiger partial charge is 0.261 e. The summed E-state index contributed by atoms with van der Waals surface area (Å²) in [4.78, 5) is 11.2. The molecule has 4 rings (SSSR count). The fourth-order valence-corrected chi connectivity index (χ4v) is 5.24. The molecule has 4 aliphatic carbocycles. The summed E-state index contributed by atoms with van der Waals surface area (Å²) in [5.41, 5.74) is 6.32. The lowest BCUT2D eigenvalue weighted by molar-refractivity contribution is -0.114. The lowest BCUT2D eigenvalue weighted by atomic mass is 9.49. The van der Waals surface area contributed by atoms with Gasteiger partial charge in [0.15, 0.2) is 0 Å². The summed E-state index contributed by atoms with van der Waals surface area (Å²) in [6.07, 6.45) is 8.24. The zero-order chi connectivity index (χ0) is 14.3. The first-order valence-electron chi connectivity index (χ1n) is 7.66. The van der Waals surface area contributed by atoms with Crippen LogP contribution < -0.4 is 11.1 Å². The Morgan fingerprint density at radius 3 is 2.15 bits per heavy atom. The number of carbonyl (C=O) groups excluding carboxylic acids is 1. The second kappa shape index (κ2) is 4.80. The summed E-state index contributed by atoms with van der Waals surface area (Å²) in [5, 5.41) is 12.3. The van der Waals surface area contributed by atoms with Gasteiger partial charge >= 0.3 is 0 Å². The van der Waals surface area contributed by atoms with E-state index in [9.17, 15) is 4.79 Å². The third-order valence-corrected chi connectivity index (χ3v) is 5.63. The van der Waals surface area contributed by atoms with E-state index in [2.05, 4.69) is 5.32 Å². The highest BCUT2D eigenvalue weighted by Crippen LogP contribution is 2.59. The van der Waals surface area contributed by atoms with Gasteiger partial charge in [-0.05, 0) is 68.6 Å². The van der Waals surface area contributed by atoms with Crippen molar-refractivity contribution in [3.8, 4) is 6.07 Å². The molecular formula is C16H23N3O. The lowest BCUT2D eigenvalue weighted by Crippen LogP contribution is -2.50. The number of amides is 1. The largest absolute Gasteiger partial charge is 0.387 e. The minimum atomic E-state index is -0.636. The summed E-state index contributed by atoms with van der Waals surface area (Å²) in [7, 11) is 0. The monoisotopic (exact) mass is 273 g/mol. The zero-order valence-corrected chi connectivity index (χ0v) is 12.1. The predicted octanol–water partition coefficient (Wildman–Crippen LogP) is 2.08. The van der Waals surface area contributed by atoms with Crippen LogP contribution in [0.4, 0.5) is 0 Å². The Hall–Kier alpha value is -1.50. The molecule has 20 heavy (non-hydrogen) atoms. The summed E-state index contributed by atoms with van der Waals surface area (Å²) in [6, 6.07) is 1.90. The van der Waals surface area contributed by atoms with Crippen molar-refractivity contribution in [3.63, 3.8) is 0 Å². The van der Waals surface area contributed by atoms with Crippen LogP contribution in [0.1, 0.15) is 45.4 Å². The maximum atomic E-state index is 11.2. The second-order valence-electron chi connectivity index (χ2n) is 7.25. The van der Waals surface area contributed by atoms with Crippen LogP contribution in [-0.2, 0) is 4.79 Å². The molecule has 1 amide bonds. The fraction of sp³-hybridized carbons (Fsp3) is 0.750. The van der Waals surface area contributed by atoms with Gasteiger partial charge in [0.2, 0.25) is 0 Å². The number of primary amides is 1. The molecule has 4 heteroatoms. The lowest BCUT2D eigenvalue weighted by Gasteiger charge is -2.57. The zero-order valence-electron chi connectivity index (χ0n) is 12.1. The first kappa shape index (κ1) is 13.5. The Morgan fingerprint density at radius 2 is 1.75 bits per heavy atom. The maximum Gasteiger partial charge on any atom is 0.261 e. The van der Waals surface area contributed by atoms with Crippen molar-refractivity contribution < 1.29 is 4.79 Å². The second-order valence-corrected chi connectivity index (χ2v) is 7.25. The van der Waals surface area contributed by atoms with Gasteiger partial charge in [-0.1, -0.05) is 0 Å². The van der Waals surface area contributed by atoms with Crippen molar-refractivity contribution >= 4 is 5.91 Å². The number of nitrogens with zero attached hydrogens (tertiary/aromatic N) is 1. The van der Waals surface area contributed by atoms with Crippen LogP contribution in [0.25, 0.3) is 0 Å². The van der Waals surface area contributed by atoms with Gasteiger partial charge in [0.1, 0.15) is 11.6 Å². The van der Waals surface area contributed by atoms with E-state index in [4.69, 9.17) is 11.0 Å². The van der Waals surface area contributed by atoms with Gasteiger partial charge in [0.05, 0.1) is 0 Å². The molecule has 4 fully saturated rings. The summed E-state index contributed by atoms with van der Waals surface area (Å²) >= 11 is 0. The van der Waals surface area contributed by atoms with Crippen LogP contribution in [-0.4, -0.2) is 12.5 Å². The van der Waals surface area contributed by atoms with Crippen molar-refractivity contribution in [2.24, 2.45) is 28.9 Å². The Kier molecular flexibility index (Phi) is 3.24. The number of nitriles is 1. The molecule has 0 heterocycles. The number of allylic oxidation sites excluding steroid dienone is 1. The summed E-state index contributed by atoms with van der Waals surface area (Å²) < 4.78 is 0. The molecule has 0 aromatic rings. The molecule has 0 spiro atoms. The predicted molar refractivity (Wildman–Crippen MR) is 76.1 cm³/mol. The summed E-state index contributed by atoms with van der Waals surface area (Å²) in [6.45, 7) is 2.67. The van der Waals surface area contributed by atoms with Gasteiger partial charge in [-0.3, -0.25) is 4.79 Å². The van der Waals surface area contributed by atoms with E-state index in [1.165, 1.54) is 38.5 Å². The van der Waals surface area contributed by atoms with E-state index in [0.717, 1.165) is 24.3 Å². The van der Waals surface area contributed by atoms with Crippen LogP contribution in [0.2, 0.25) is 0 Å². The van der Waals surface area contributed by atoms with Crippen molar-refractivity contribution in [1.82, 2.24) is 5.32 Å². The normalized spacial score (nSPS) is 39.1. The Bertz CT molecular complexity index is 465. The standard InChI is InChI=1S/C16H23N3O/c1-10(14(8-17)15(18)20)19-9-16-5-11-2-12(6-16)4-13(3-11)7-16/h11-13,19H,2-7,9H2,1H3,(H2,18,20)/b14-10+. The van der Waals surface area contributed by atoms with Crippen LogP contribution in [0.3, 0.4) is 0 Å². The van der Waals surface area contributed by atoms with E-state index < -0.39 is 5.91 Å². The molecule has 0 aromatic heterocycles. The molecule has 4 nitrogen and oxygen atoms in total. The van der Waals surface area contributed by atoms with E-state index in [0.29, 0.717) is 11.1 Å². The highest BCUT2D eigenvalue weighted by Gasteiger charge is 2.50. The topological polar surface area (TPSA) is 78.9 Å². The van der Waals surface area contributed by atoms with Gasteiger partial charge < -0.3 is 11.1 Å². The van der Waals surface area contributed by atoms with Crippen LogP contribution in [0.5, 0.6) is 0 Å². The minimum Gasteiger partial charge on any atom is -0.387 e. The van der Waals surface area contributed by atoms with Crippen LogP contribution in [0, 0.1) is 34.5 Å². The molecule has 0 radical (unpaired) electrons. The van der Waals surface area contributed by atoms with Crippen molar-refractivity contribution in [2.75, 3.05) is 6.54 Å². The number of hydrogen-bond acceptors (Lipinski definition) is 3. The molecule has 0 saturated heterocycles. The Balaban J connectivity index is 1.70. The quantitative estimate of drug-likeness (QED) is 0.608. The van der Waals surface area contributed by atoms with E-state index in [1.807, 2.05) is 6.07 Å². The number of nitrogens with one attached hydrogen (secondary N) is 1. The maximum absolute atomic E-state index is 11.2. The van der Waals surface area contributed by atoms with Crippen molar-refractivity contribution in [3.05, 3.63) is 11.3 Å². The third-order valence-electron chi connectivity index (χ3n) is 5.63. The first-order valence-corrected chi connectivity index (χ1v) is 7.66. The average Bonchev–Trinajstić information content (AvgIpc) is 2.35. The SMILES string of the molecule is C/C(NCC12CC3CC(CC(C3)C1)C2)=C(/C#N)C(N)=O. The first-order chi connectivity index (χ1) is 9.51. The minimum absolute atomic E-state index is 0.0646. The van der Waals surface area contributed by atoms with Gasteiger partial charge in [-0.25, -0.2) is 0 Å². The van der Waals surface area contributed by atoms with Gasteiger partial charge in [0, 0.05) is 12.2 Å². The Labute approximate surface area is 120 Å². The van der Waals surface area contributed by atoms with Crippen LogP contribution in [0.15, 0.2) is 11.3 Å². The van der Waals surface area contributed by atoms with E-state index in [1.54, 1.807) is 6.92 Å². The fourth-order valence-electron chi connectivity index (χ4n) is 5.24. The van der Waals surface area contributed by atoms with Gasteiger partial charge in [-0.15, -0.1) is 0 Å². The molecule has 0 atom stereocenters. The van der Waals surface area contributed by atoms with Gasteiger partial charge in [0.25, 0.3) is 5.91 Å². The number of nitrogens with two attached hydrogens (primary N) is 1. The highest BCUT2D eigenvalue weighted by molar-refractivity contribution is 5.96. The molecule has 108 valence electrons. The third kappa shape index (κ3) is 2.30. The van der Waals surface area contributed by atoms with Crippen molar-refractivity contribution in [1.29, 1.82) is 5.26 Å². The Morgan fingerprint density at radius 1 is 1.25 bits per heavy atom. The molecular weight excluding hydrogens is 250 g/mol. The molecule has 4 bridgehead atoms. The molecule has 4 saturated carbocycles. The van der Waals surface area contributed by atoms with Crippen molar-refractivity contribution in [2.45, 2.75) is 45.4 Å². The van der Waals surface area contributed by atoms with Gasteiger partial charge in [-0.2, -0.15) is 5.26 Å². The average molecular weight is 273 g/mol. The number of rotatable bonds is 4. The van der Waals surface area contributed by atoms with E-state index in [-0.39, 0.29) is 5.57 Å². The number of hydrogen-bond donors (Lipinski definition) is 2. The molecule has 0 unspecified atom stereocenters.